The summed E-state index contributed by atoms with van der Waals surface area (Å²) < 4.78 is 0. The van der Waals surface area contributed by atoms with Crippen molar-refractivity contribution >= 4 is 40.7 Å². The number of halogens is 1. The standard InChI is InChI=1S/C20H21ClN2O4S/c21-15-5-3-14(4-6-15)7-9-22-13-18(24)23(10-8-16-2-1-11-28-16)17(20(22)27)12-19(25)26/h1-6,11,17H,7-10,12-13H2,(H,25,26). The maximum absolute atomic E-state index is 12.9. The Morgan fingerprint density at radius 2 is 1.89 bits per heavy atom. The number of benzene rings is 1. The molecular formula is C20H21ClN2O4S. The summed E-state index contributed by atoms with van der Waals surface area (Å²) in [6.45, 7) is 0.683. The van der Waals surface area contributed by atoms with Gasteiger partial charge in [-0.05, 0) is 42.0 Å². The molecule has 148 valence electrons. The zero-order chi connectivity index (χ0) is 20.1. The van der Waals surface area contributed by atoms with E-state index in [1.54, 1.807) is 23.5 Å². The monoisotopic (exact) mass is 420 g/mol. The van der Waals surface area contributed by atoms with Gasteiger partial charge in [0, 0.05) is 23.0 Å². The summed E-state index contributed by atoms with van der Waals surface area (Å²) in [6.07, 6.45) is 0.801. The fourth-order valence-corrected chi connectivity index (χ4v) is 4.11. The van der Waals surface area contributed by atoms with E-state index in [1.165, 1.54) is 9.80 Å². The van der Waals surface area contributed by atoms with Crippen LogP contribution in [0, 0.1) is 0 Å². The van der Waals surface area contributed by atoms with Crippen molar-refractivity contribution in [3.8, 4) is 0 Å². The molecule has 0 spiro atoms. The third-order valence-corrected chi connectivity index (χ3v) is 5.94. The summed E-state index contributed by atoms with van der Waals surface area (Å²) in [4.78, 5) is 40.9. The van der Waals surface area contributed by atoms with Crippen molar-refractivity contribution in [2.75, 3.05) is 19.6 Å². The van der Waals surface area contributed by atoms with E-state index in [4.69, 9.17) is 11.6 Å². The van der Waals surface area contributed by atoms with Gasteiger partial charge >= 0.3 is 5.97 Å². The maximum Gasteiger partial charge on any atom is 0.305 e. The Morgan fingerprint density at radius 1 is 1.14 bits per heavy atom. The third kappa shape index (κ3) is 5.11. The number of piperazine rings is 1. The van der Waals surface area contributed by atoms with Crippen LogP contribution in [0.4, 0.5) is 0 Å². The first-order valence-corrected chi connectivity index (χ1v) is 10.3. The van der Waals surface area contributed by atoms with Gasteiger partial charge in [-0.1, -0.05) is 29.8 Å². The Labute approximate surface area is 172 Å². The minimum Gasteiger partial charge on any atom is -0.481 e. The summed E-state index contributed by atoms with van der Waals surface area (Å²) in [5, 5.41) is 11.8. The van der Waals surface area contributed by atoms with Crippen LogP contribution < -0.4 is 0 Å². The van der Waals surface area contributed by atoms with Gasteiger partial charge in [-0.3, -0.25) is 14.4 Å². The normalized spacial score (nSPS) is 17.2. The molecule has 1 aromatic carbocycles. The molecule has 6 nitrogen and oxygen atoms in total. The zero-order valence-electron chi connectivity index (χ0n) is 15.2. The SMILES string of the molecule is O=C(O)CC1C(=O)N(CCc2ccc(Cl)cc2)CC(=O)N1CCc1cccs1. The van der Waals surface area contributed by atoms with Crippen molar-refractivity contribution in [3.05, 3.63) is 57.2 Å². The molecule has 1 aromatic heterocycles. The highest BCUT2D eigenvalue weighted by Gasteiger charge is 2.40. The molecular weight excluding hydrogens is 400 g/mol. The minimum absolute atomic E-state index is 0.0209. The molecule has 0 aliphatic carbocycles. The quantitative estimate of drug-likeness (QED) is 0.712. The zero-order valence-corrected chi connectivity index (χ0v) is 16.8. The largest absolute Gasteiger partial charge is 0.481 e. The first kappa shape index (κ1) is 20.4. The number of rotatable bonds is 8. The van der Waals surface area contributed by atoms with Gasteiger partial charge < -0.3 is 14.9 Å². The Balaban J connectivity index is 1.67. The van der Waals surface area contributed by atoms with Crippen LogP contribution in [0.15, 0.2) is 41.8 Å². The van der Waals surface area contributed by atoms with Gasteiger partial charge in [-0.25, -0.2) is 0 Å². The predicted octanol–water partition coefficient (Wildman–Crippen LogP) is 2.70. The van der Waals surface area contributed by atoms with Gasteiger partial charge in [0.1, 0.15) is 6.04 Å². The third-order valence-electron chi connectivity index (χ3n) is 4.75. The molecule has 2 aromatic rings. The Kier molecular flexibility index (Phi) is 6.70. The molecule has 1 saturated heterocycles. The second-order valence-electron chi connectivity index (χ2n) is 6.67. The van der Waals surface area contributed by atoms with Crippen molar-refractivity contribution in [2.24, 2.45) is 0 Å². The smallest absolute Gasteiger partial charge is 0.305 e. The van der Waals surface area contributed by atoms with E-state index in [1.807, 2.05) is 29.6 Å². The average molecular weight is 421 g/mol. The van der Waals surface area contributed by atoms with Crippen LogP contribution in [0.3, 0.4) is 0 Å². The van der Waals surface area contributed by atoms with E-state index < -0.39 is 12.0 Å². The second kappa shape index (κ2) is 9.21. The fourth-order valence-electron chi connectivity index (χ4n) is 3.28. The van der Waals surface area contributed by atoms with Crippen LogP contribution in [0.1, 0.15) is 16.9 Å². The minimum atomic E-state index is -1.09. The number of hydrogen-bond donors (Lipinski definition) is 1. The van der Waals surface area contributed by atoms with Crippen molar-refractivity contribution in [1.29, 1.82) is 0 Å². The van der Waals surface area contributed by atoms with Crippen molar-refractivity contribution in [3.63, 3.8) is 0 Å². The van der Waals surface area contributed by atoms with Crippen LogP contribution in [0.5, 0.6) is 0 Å². The molecule has 1 aliphatic rings. The first-order valence-electron chi connectivity index (χ1n) is 9.01. The van der Waals surface area contributed by atoms with E-state index in [0.29, 0.717) is 31.0 Å². The Morgan fingerprint density at radius 3 is 2.54 bits per heavy atom. The van der Waals surface area contributed by atoms with Gasteiger partial charge in [0.2, 0.25) is 11.8 Å². The van der Waals surface area contributed by atoms with Gasteiger partial charge in [-0.15, -0.1) is 11.3 Å². The number of thiophene rings is 1. The number of nitrogens with zero attached hydrogens (tertiary/aromatic N) is 2. The molecule has 1 aliphatic heterocycles. The van der Waals surface area contributed by atoms with Crippen LogP contribution in [-0.2, 0) is 27.2 Å². The lowest BCUT2D eigenvalue weighted by atomic mass is 10.0. The number of carboxylic acids is 1. The highest BCUT2D eigenvalue weighted by Crippen LogP contribution is 2.19. The molecule has 2 heterocycles. The fraction of sp³-hybridized carbons (Fsp3) is 0.350. The number of aliphatic carboxylic acids is 1. The number of hydrogen-bond acceptors (Lipinski definition) is 4. The molecule has 1 unspecified atom stereocenters. The topological polar surface area (TPSA) is 77.9 Å². The molecule has 0 bridgehead atoms. The summed E-state index contributed by atoms with van der Waals surface area (Å²) in [5.41, 5.74) is 1.000. The maximum atomic E-state index is 12.9. The van der Waals surface area contributed by atoms with Crippen LogP contribution in [-0.4, -0.2) is 58.4 Å². The van der Waals surface area contributed by atoms with E-state index in [2.05, 4.69) is 0 Å². The lowest BCUT2D eigenvalue weighted by molar-refractivity contribution is -0.158. The lowest BCUT2D eigenvalue weighted by Crippen LogP contribution is -2.61. The van der Waals surface area contributed by atoms with Gasteiger partial charge in [0.25, 0.3) is 0 Å². The second-order valence-corrected chi connectivity index (χ2v) is 8.14. The van der Waals surface area contributed by atoms with Crippen LogP contribution in [0.25, 0.3) is 0 Å². The van der Waals surface area contributed by atoms with E-state index in [0.717, 1.165) is 10.4 Å². The predicted molar refractivity (Wildman–Crippen MR) is 108 cm³/mol. The summed E-state index contributed by atoms with van der Waals surface area (Å²) >= 11 is 7.46. The average Bonchev–Trinajstić information content (AvgIpc) is 3.17. The molecule has 3 rings (SSSR count). The molecule has 0 saturated carbocycles. The number of carbonyl (C=O) groups is 3. The van der Waals surface area contributed by atoms with Crippen LogP contribution >= 0.6 is 22.9 Å². The van der Waals surface area contributed by atoms with Gasteiger partial charge in [0.15, 0.2) is 0 Å². The van der Waals surface area contributed by atoms with Crippen molar-refractivity contribution in [1.82, 2.24) is 9.80 Å². The number of carboxylic acid groups (broad SMARTS) is 1. The van der Waals surface area contributed by atoms with Gasteiger partial charge in [0.05, 0.1) is 13.0 Å². The lowest BCUT2D eigenvalue weighted by Gasteiger charge is -2.39. The summed E-state index contributed by atoms with van der Waals surface area (Å²) in [7, 11) is 0. The summed E-state index contributed by atoms with van der Waals surface area (Å²) in [5.74, 6) is -1.60. The van der Waals surface area contributed by atoms with E-state index >= 15 is 0 Å². The molecule has 1 fully saturated rings. The Bertz CT molecular complexity index is 838. The van der Waals surface area contributed by atoms with E-state index in [-0.39, 0.29) is 24.8 Å². The highest BCUT2D eigenvalue weighted by molar-refractivity contribution is 7.09. The van der Waals surface area contributed by atoms with Gasteiger partial charge in [-0.2, -0.15) is 0 Å². The molecule has 2 amide bonds. The molecule has 1 atom stereocenters. The highest BCUT2D eigenvalue weighted by atomic mass is 35.5. The first-order chi connectivity index (χ1) is 13.4. The number of carbonyl (C=O) groups excluding carboxylic acids is 2. The molecule has 28 heavy (non-hydrogen) atoms. The molecule has 8 heteroatoms. The molecule has 1 N–H and O–H groups in total. The summed E-state index contributed by atoms with van der Waals surface area (Å²) in [6, 6.07) is 10.2. The van der Waals surface area contributed by atoms with Crippen molar-refractivity contribution in [2.45, 2.75) is 25.3 Å². The van der Waals surface area contributed by atoms with Crippen molar-refractivity contribution < 1.29 is 19.5 Å². The Hall–Kier alpha value is -2.38. The van der Waals surface area contributed by atoms with Crippen LogP contribution in [0.2, 0.25) is 5.02 Å². The number of amides is 2. The molecule has 0 radical (unpaired) electrons. The van der Waals surface area contributed by atoms with E-state index in [9.17, 15) is 19.5 Å².